The summed E-state index contributed by atoms with van der Waals surface area (Å²) in [4.78, 5) is 4.26. The normalized spacial score (nSPS) is 12.3. The van der Waals surface area contributed by atoms with Crippen LogP contribution in [-0.4, -0.2) is 39.9 Å². The van der Waals surface area contributed by atoms with Crippen LogP contribution in [-0.2, 0) is 6.54 Å². The van der Waals surface area contributed by atoms with Crippen molar-refractivity contribution in [3.63, 3.8) is 0 Å². The van der Waals surface area contributed by atoms with Crippen molar-refractivity contribution in [1.82, 2.24) is 10.6 Å². The molecule has 1 unspecified atom stereocenters. The quantitative estimate of drug-likeness (QED) is 0.551. The summed E-state index contributed by atoms with van der Waals surface area (Å²) in [6.45, 7) is 5.26. The Morgan fingerprint density at radius 1 is 1.00 bits per heavy atom. The zero-order valence-electron chi connectivity index (χ0n) is 16.7. The van der Waals surface area contributed by atoms with Crippen LogP contribution < -0.4 is 24.8 Å². The molecule has 2 aromatic rings. The van der Waals surface area contributed by atoms with E-state index in [0.717, 1.165) is 22.6 Å². The standard InChI is InChI=1S/C21H29N3O3/c1-15-9-6-7-11-18(15)27-16(2)13-23-21(22-3)24-14-17-10-8-12-19(25-4)20(17)26-5/h6-12,16H,13-14H2,1-5H3,(H2,22,23,24). The van der Waals surface area contributed by atoms with Gasteiger partial charge in [-0.05, 0) is 31.5 Å². The summed E-state index contributed by atoms with van der Waals surface area (Å²) in [6.07, 6.45) is -0.00370. The Kier molecular flexibility index (Phi) is 7.79. The summed E-state index contributed by atoms with van der Waals surface area (Å²) in [5.74, 6) is 3.02. The molecule has 0 bridgehead atoms. The summed E-state index contributed by atoms with van der Waals surface area (Å²) in [6, 6.07) is 13.8. The van der Waals surface area contributed by atoms with E-state index in [0.29, 0.717) is 24.8 Å². The summed E-state index contributed by atoms with van der Waals surface area (Å²) in [7, 11) is 5.01. The van der Waals surface area contributed by atoms with Gasteiger partial charge in [0.05, 0.1) is 20.8 Å². The summed E-state index contributed by atoms with van der Waals surface area (Å²) in [5, 5.41) is 6.58. The van der Waals surface area contributed by atoms with Crippen LogP contribution in [0.5, 0.6) is 17.2 Å². The van der Waals surface area contributed by atoms with Gasteiger partial charge < -0.3 is 24.8 Å². The highest BCUT2D eigenvalue weighted by molar-refractivity contribution is 5.79. The second-order valence-electron chi connectivity index (χ2n) is 6.15. The summed E-state index contributed by atoms with van der Waals surface area (Å²) < 4.78 is 16.8. The molecule has 0 saturated heterocycles. The zero-order chi connectivity index (χ0) is 19.6. The molecule has 2 aromatic carbocycles. The van der Waals surface area contributed by atoms with Crippen molar-refractivity contribution < 1.29 is 14.2 Å². The minimum absolute atomic E-state index is 0.00370. The van der Waals surface area contributed by atoms with Crippen LogP contribution in [0, 0.1) is 6.92 Å². The van der Waals surface area contributed by atoms with Crippen molar-refractivity contribution in [2.45, 2.75) is 26.5 Å². The van der Waals surface area contributed by atoms with Gasteiger partial charge in [0.1, 0.15) is 11.9 Å². The van der Waals surface area contributed by atoms with Crippen LogP contribution in [0.15, 0.2) is 47.5 Å². The highest BCUT2D eigenvalue weighted by Crippen LogP contribution is 2.30. The SMILES string of the molecule is CN=C(NCc1cccc(OC)c1OC)NCC(C)Oc1ccccc1C. The number of methoxy groups -OCH3 is 2. The van der Waals surface area contributed by atoms with Crippen molar-refractivity contribution in [1.29, 1.82) is 0 Å². The average molecular weight is 371 g/mol. The molecule has 0 aliphatic carbocycles. The van der Waals surface area contributed by atoms with Gasteiger partial charge in [0, 0.05) is 19.2 Å². The van der Waals surface area contributed by atoms with E-state index in [1.54, 1.807) is 21.3 Å². The molecule has 0 heterocycles. The molecule has 2 rings (SSSR count). The Balaban J connectivity index is 1.88. The molecule has 0 aliphatic heterocycles. The monoisotopic (exact) mass is 371 g/mol. The van der Waals surface area contributed by atoms with Crippen molar-refractivity contribution in [3.8, 4) is 17.2 Å². The lowest BCUT2D eigenvalue weighted by molar-refractivity contribution is 0.222. The third-order valence-corrected chi connectivity index (χ3v) is 4.13. The molecule has 0 spiro atoms. The van der Waals surface area contributed by atoms with Gasteiger partial charge in [-0.2, -0.15) is 0 Å². The van der Waals surface area contributed by atoms with Gasteiger partial charge in [-0.3, -0.25) is 4.99 Å². The Morgan fingerprint density at radius 3 is 2.41 bits per heavy atom. The van der Waals surface area contributed by atoms with E-state index in [4.69, 9.17) is 14.2 Å². The Morgan fingerprint density at radius 2 is 1.74 bits per heavy atom. The van der Waals surface area contributed by atoms with Crippen LogP contribution in [0.1, 0.15) is 18.1 Å². The molecule has 27 heavy (non-hydrogen) atoms. The molecule has 6 nitrogen and oxygen atoms in total. The number of ether oxygens (including phenoxy) is 3. The van der Waals surface area contributed by atoms with Crippen LogP contribution >= 0.6 is 0 Å². The molecular weight excluding hydrogens is 342 g/mol. The van der Waals surface area contributed by atoms with Crippen LogP contribution in [0.4, 0.5) is 0 Å². The van der Waals surface area contributed by atoms with Gasteiger partial charge in [0.2, 0.25) is 0 Å². The summed E-state index contributed by atoms with van der Waals surface area (Å²) in [5.41, 5.74) is 2.11. The molecular formula is C21H29N3O3. The molecule has 146 valence electrons. The lowest BCUT2D eigenvalue weighted by atomic mass is 10.2. The third-order valence-electron chi connectivity index (χ3n) is 4.13. The van der Waals surface area contributed by atoms with Crippen molar-refractivity contribution in [2.75, 3.05) is 27.8 Å². The maximum Gasteiger partial charge on any atom is 0.191 e. The fourth-order valence-corrected chi connectivity index (χ4v) is 2.68. The van der Waals surface area contributed by atoms with Crippen LogP contribution in [0.25, 0.3) is 0 Å². The van der Waals surface area contributed by atoms with E-state index in [9.17, 15) is 0 Å². The molecule has 1 atom stereocenters. The highest BCUT2D eigenvalue weighted by atomic mass is 16.5. The molecule has 2 N–H and O–H groups in total. The first kappa shape index (κ1) is 20.4. The highest BCUT2D eigenvalue weighted by Gasteiger charge is 2.11. The number of benzene rings is 2. The molecule has 0 aliphatic rings. The van der Waals surface area contributed by atoms with Crippen molar-refractivity contribution in [2.24, 2.45) is 4.99 Å². The van der Waals surface area contributed by atoms with Gasteiger partial charge in [0.15, 0.2) is 17.5 Å². The number of para-hydroxylation sites is 2. The lowest BCUT2D eigenvalue weighted by Crippen LogP contribution is -2.41. The second kappa shape index (κ2) is 10.3. The number of aliphatic imine (C=N–C) groups is 1. The van der Waals surface area contributed by atoms with E-state index >= 15 is 0 Å². The average Bonchev–Trinajstić information content (AvgIpc) is 2.69. The fourth-order valence-electron chi connectivity index (χ4n) is 2.68. The molecule has 0 amide bonds. The maximum absolute atomic E-state index is 5.99. The van der Waals surface area contributed by atoms with Crippen molar-refractivity contribution >= 4 is 5.96 Å². The van der Waals surface area contributed by atoms with E-state index < -0.39 is 0 Å². The van der Waals surface area contributed by atoms with E-state index in [-0.39, 0.29) is 6.10 Å². The number of hydrogen-bond donors (Lipinski definition) is 2. The van der Waals surface area contributed by atoms with Gasteiger partial charge in [0.25, 0.3) is 0 Å². The van der Waals surface area contributed by atoms with E-state index in [1.165, 1.54) is 0 Å². The lowest BCUT2D eigenvalue weighted by Gasteiger charge is -2.19. The number of hydrogen-bond acceptors (Lipinski definition) is 4. The predicted octanol–water partition coefficient (Wildman–Crippen LogP) is 3.14. The van der Waals surface area contributed by atoms with E-state index in [1.807, 2.05) is 56.3 Å². The number of aryl methyl sites for hydroxylation is 1. The zero-order valence-corrected chi connectivity index (χ0v) is 16.7. The minimum Gasteiger partial charge on any atom is -0.493 e. The van der Waals surface area contributed by atoms with Crippen LogP contribution in [0.2, 0.25) is 0 Å². The Labute approximate surface area is 161 Å². The van der Waals surface area contributed by atoms with Gasteiger partial charge >= 0.3 is 0 Å². The topological polar surface area (TPSA) is 64.1 Å². The van der Waals surface area contributed by atoms with Gasteiger partial charge in [-0.1, -0.05) is 30.3 Å². The third kappa shape index (κ3) is 5.81. The smallest absolute Gasteiger partial charge is 0.191 e. The first-order valence-corrected chi connectivity index (χ1v) is 8.95. The number of nitrogens with zero attached hydrogens (tertiary/aromatic N) is 1. The first-order valence-electron chi connectivity index (χ1n) is 8.95. The molecule has 0 saturated carbocycles. The van der Waals surface area contributed by atoms with Crippen LogP contribution in [0.3, 0.4) is 0 Å². The van der Waals surface area contributed by atoms with E-state index in [2.05, 4.69) is 15.6 Å². The predicted molar refractivity (Wildman–Crippen MR) is 109 cm³/mol. The fraction of sp³-hybridized carbons (Fsp3) is 0.381. The largest absolute Gasteiger partial charge is 0.493 e. The number of guanidine groups is 1. The van der Waals surface area contributed by atoms with Gasteiger partial charge in [-0.15, -0.1) is 0 Å². The molecule has 6 heteroatoms. The first-order chi connectivity index (χ1) is 13.1. The minimum atomic E-state index is -0.00370. The molecule has 0 fully saturated rings. The Bertz CT molecular complexity index is 762. The molecule has 0 aromatic heterocycles. The number of nitrogens with one attached hydrogen (secondary N) is 2. The van der Waals surface area contributed by atoms with Crippen molar-refractivity contribution in [3.05, 3.63) is 53.6 Å². The second-order valence-corrected chi connectivity index (χ2v) is 6.15. The Hall–Kier alpha value is -2.89. The maximum atomic E-state index is 5.99. The number of rotatable bonds is 8. The van der Waals surface area contributed by atoms with Gasteiger partial charge in [-0.25, -0.2) is 0 Å². The summed E-state index contributed by atoms with van der Waals surface area (Å²) >= 11 is 0. The molecule has 0 radical (unpaired) electrons.